The lowest BCUT2D eigenvalue weighted by atomic mass is 10.3. The molecule has 21 heavy (non-hydrogen) atoms. The van der Waals surface area contributed by atoms with Crippen molar-refractivity contribution in [3.05, 3.63) is 15.8 Å². The molecule has 0 fully saturated rings. The van der Waals surface area contributed by atoms with Crippen LogP contribution >= 0.6 is 0 Å². The number of nitro groups is 1. The highest BCUT2D eigenvalue weighted by Gasteiger charge is 2.22. The Kier molecular flexibility index (Phi) is 6.47. The fraction of sp³-hybridized carbons (Fsp3) is 0.667. The van der Waals surface area contributed by atoms with Gasteiger partial charge in [0.15, 0.2) is 0 Å². The molecule has 0 saturated carbocycles. The molecule has 118 valence electrons. The van der Waals surface area contributed by atoms with Gasteiger partial charge in [0, 0.05) is 35.4 Å². The third-order valence-electron chi connectivity index (χ3n) is 2.90. The molecule has 1 rings (SSSR count). The smallest absolute Gasteiger partial charge is 0.332 e. The summed E-state index contributed by atoms with van der Waals surface area (Å²) in [6.07, 6.45) is 2.49. The van der Waals surface area contributed by atoms with Gasteiger partial charge in [-0.05, 0) is 20.3 Å². The van der Waals surface area contributed by atoms with Crippen LogP contribution in [0.4, 0.5) is 17.5 Å². The van der Waals surface area contributed by atoms with Crippen molar-refractivity contribution >= 4 is 28.3 Å². The normalized spacial score (nSPS) is 13.5. The number of aryl methyl sites for hydroxylation is 1. The Balaban J connectivity index is 3.03. The highest BCUT2D eigenvalue weighted by Crippen LogP contribution is 2.26. The number of anilines is 2. The Labute approximate surface area is 126 Å². The fourth-order valence-corrected chi connectivity index (χ4v) is 1.90. The molecule has 2 N–H and O–H groups in total. The van der Waals surface area contributed by atoms with Crippen molar-refractivity contribution in [2.24, 2.45) is 0 Å². The maximum absolute atomic E-state index is 11.4. The molecule has 9 heteroatoms. The molecule has 0 aromatic carbocycles. The van der Waals surface area contributed by atoms with Gasteiger partial charge in [-0.2, -0.15) is 4.98 Å². The Bertz CT molecular complexity index is 538. The van der Waals surface area contributed by atoms with Gasteiger partial charge in [0.05, 0.1) is 4.92 Å². The third-order valence-corrected chi connectivity index (χ3v) is 4.20. The zero-order chi connectivity index (χ0) is 16.0. The van der Waals surface area contributed by atoms with Crippen molar-refractivity contribution in [1.29, 1.82) is 0 Å². The minimum absolute atomic E-state index is 0.132. The number of rotatable bonds is 8. The third kappa shape index (κ3) is 4.92. The average Bonchev–Trinajstić information content (AvgIpc) is 2.41. The summed E-state index contributed by atoms with van der Waals surface area (Å²) in [7, 11) is -1.01. The van der Waals surface area contributed by atoms with Crippen LogP contribution in [0.2, 0.25) is 0 Å². The molecule has 0 amide bonds. The summed E-state index contributed by atoms with van der Waals surface area (Å²) in [5.74, 6) is 0.510. The summed E-state index contributed by atoms with van der Waals surface area (Å²) < 4.78 is 11.4. The van der Waals surface area contributed by atoms with E-state index in [-0.39, 0.29) is 16.8 Å². The van der Waals surface area contributed by atoms with Gasteiger partial charge >= 0.3 is 5.69 Å². The number of aromatic nitrogens is 2. The number of nitrogens with zero attached hydrogens (tertiary/aromatic N) is 3. The second-order valence-corrected chi connectivity index (χ2v) is 6.51. The molecule has 0 aliphatic carbocycles. The molecule has 0 bridgehead atoms. The van der Waals surface area contributed by atoms with E-state index >= 15 is 0 Å². The fourth-order valence-electron chi connectivity index (χ4n) is 1.58. The van der Waals surface area contributed by atoms with Crippen LogP contribution < -0.4 is 10.6 Å². The standard InChI is InChI=1S/C12H21N5O3S/c1-5-6-13-12-15-9(3)10(17(18)19)11(16-12)14-7-8(2)21(4)20/h8H,5-7H2,1-4H3,(H2,13,14,15,16). The zero-order valence-electron chi connectivity index (χ0n) is 12.7. The molecule has 1 aromatic heterocycles. The van der Waals surface area contributed by atoms with E-state index in [1.165, 1.54) is 0 Å². The van der Waals surface area contributed by atoms with Crippen molar-refractivity contribution in [2.45, 2.75) is 32.4 Å². The van der Waals surface area contributed by atoms with Crippen molar-refractivity contribution in [1.82, 2.24) is 9.97 Å². The van der Waals surface area contributed by atoms with Crippen LogP contribution in [0.3, 0.4) is 0 Å². The molecule has 1 aromatic rings. The Hall–Kier alpha value is -1.77. The van der Waals surface area contributed by atoms with E-state index < -0.39 is 15.7 Å². The van der Waals surface area contributed by atoms with Crippen molar-refractivity contribution in [2.75, 3.05) is 30.0 Å². The van der Waals surface area contributed by atoms with Crippen LogP contribution in [0.5, 0.6) is 0 Å². The van der Waals surface area contributed by atoms with Gasteiger partial charge in [0.2, 0.25) is 11.8 Å². The molecule has 0 radical (unpaired) electrons. The monoisotopic (exact) mass is 315 g/mol. The minimum Gasteiger partial charge on any atom is -0.363 e. The van der Waals surface area contributed by atoms with Gasteiger partial charge in [0.25, 0.3) is 0 Å². The predicted molar refractivity (Wildman–Crippen MR) is 84.2 cm³/mol. The maximum atomic E-state index is 11.4. The van der Waals surface area contributed by atoms with E-state index in [2.05, 4.69) is 20.6 Å². The van der Waals surface area contributed by atoms with E-state index in [4.69, 9.17) is 0 Å². The van der Waals surface area contributed by atoms with Gasteiger partial charge in [-0.3, -0.25) is 14.3 Å². The minimum atomic E-state index is -1.01. The summed E-state index contributed by atoms with van der Waals surface area (Å²) in [4.78, 5) is 18.9. The molecule has 2 unspecified atom stereocenters. The second-order valence-electron chi connectivity index (χ2n) is 4.70. The van der Waals surface area contributed by atoms with Crippen LogP contribution in [0.1, 0.15) is 26.0 Å². The lowest BCUT2D eigenvalue weighted by molar-refractivity contribution is -0.385. The van der Waals surface area contributed by atoms with Gasteiger partial charge in [-0.25, -0.2) is 4.98 Å². The van der Waals surface area contributed by atoms with E-state index in [1.807, 2.05) is 6.92 Å². The van der Waals surface area contributed by atoms with Crippen LogP contribution in [0.15, 0.2) is 0 Å². The molecule has 2 atom stereocenters. The van der Waals surface area contributed by atoms with Crippen LogP contribution in [0.25, 0.3) is 0 Å². The first-order valence-corrected chi connectivity index (χ1v) is 8.31. The van der Waals surface area contributed by atoms with E-state index in [9.17, 15) is 14.3 Å². The predicted octanol–water partition coefficient (Wildman–Crippen LogP) is 1.69. The van der Waals surface area contributed by atoms with E-state index in [1.54, 1.807) is 20.1 Å². The molecule has 1 heterocycles. The molecule has 0 aliphatic rings. The first kappa shape index (κ1) is 17.3. The first-order chi connectivity index (χ1) is 9.86. The summed E-state index contributed by atoms with van der Waals surface area (Å²) in [5.41, 5.74) is 0.146. The Morgan fingerprint density at radius 2 is 2.05 bits per heavy atom. The largest absolute Gasteiger partial charge is 0.363 e. The van der Waals surface area contributed by atoms with Crippen molar-refractivity contribution in [3.8, 4) is 0 Å². The first-order valence-electron chi connectivity index (χ1n) is 6.69. The molecule has 0 spiro atoms. The van der Waals surface area contributed by atoms with Gasteiger partial charge in [0.1, 0.15) is 5.69 Å². The van der Waals surface area contributed by atoms with Gasteiger partial charge < -0.3 is 10.6 Å². The van der Waals surface area contributed by atoms with Gasteiger partial charge in [-0.1, -0.05) is 6.92 Å². The summed E-state index contributed by atoms with van der Waals surface area (Å²) >= 11 is 0. The lowest BCUT2D eigenvalue weighted by Gasteiger charge is -2.13. The number of hydrogen-bond acceptors (Lipinski definition) is 7. The topological polar surface area (TPSA) is 110 Å². The maximum Gasteiger partial charge on any atom is 0.332 e. The Morgan fingerprint density at radius 1 is 1.38 bits per heavy atom. The summed E-state index contributed by atoms with van der Waals surface area (Å²) in [6, 6.07) is 0. The average molecular weight is 315 g/mol. The van der Waals surface area contributed by atoms with Gasteiger partial charge in [-0.15, -0.1) is 0 Å². The molecular formula is C12H21N5O3S. The van der Waals surface area contributed by atoms with Crippen LogP contribution in [0, 0.1) is 17.0 Å². The second kappa shape index (κ2) is 7.87. The van der Waals surface area contributed by atoms with Crippen molar-refractivity contribution in [3.63, 3.8) is 0 Å². The quantitative estimate of drug-likeness (QED) is 0.555. The number of hydrogen-bond donors (Lipinski definition) is 2. The van der Waals surface area contributed by atoms with Crippen LogP contribution in [-0.2, 0) is 10.8 Å². The summed E-state index contributed by atoms with van der Waals surface area (Å²) in [6.45, 7) is 6.41. The molecule has 0 saturated heterocycles. The SMILES string of the molecule is CCCNc1nc(C)c([N+](=O)[O-])c(NCC(C)S(C)=O)n1. The molecule has 0 aliphatic heterocycles. The molecule has 8 nitrogen and oxygen atoms in total. The highest BCUT2D eigenvalue weighted by atomic mass is 32.2. The van der Waals surface area contributed by atoms with E-state index in [0.717, 1.165) is 6.42 Å². The van der Waals surface area contributed by atoms with Crippen molar-refractivity contribution < 1.29 is 9.13 Å². The van der Waals surface area contributed by atoms with E-state index in [0.29, 0.717) is 24.7 Å². The Morgan fingerprint density at radius 3 is 2.57 bits per heavy atom. The van der Waals surface area contributed by atoms with Crippen LogP contribution in [-0.4, -0.2) is 43.7 Å². The summed E-state index contributed by atoms with van der Waals surface area (Å²) in [5, 5.41) is 16.9. The molecular weight excluding hydrogens is 294 g/mol. The highest BCUT2D eigenvalue weighted by molar-refractivity contribution is 7.84. The zero-order valence-corrected chi connectivity index (χ0v) is 13.5. The lowest BCUT2D eigenvalue weighted by Crippen LogP contribution is -2.22. The number of nitrogens with one attached hydrogen (secondary N) is 2.